The lowest BCUT2D eigenvalue weighted by atomic mass is 10.0. The molecule has 2 heterocycles. The molecule has 0 N–H and O–H groups in total. The Labute approximate surface area is 235 Å². The minimum absolute atomic E-state index is 0.0173. The minimum atomic E-state index is -0.0173. The molecule has 0 atom stereocenters. The van der Waals surface area contributed by atoms with Crippen LogP contribution in [0.3, 0.4) is 0 Å². The van der Waals surface area contributed by atoms with Crippen molar-refractivity contribution >= 4 is 40.3 Å². The molecule has 4 rings (SSSR count). The zero-order chi connectivity index (χ0) is 26.9. The number of nitrogens with zero attached hydrogens (tertiary/aromatic N) is 3. The number of unbranched alkanes of at least 4 members (excludes halogenated alkanes) is 5. The molecule has 38 heavy (non-hydrogen) atoms. The second-order valence-corrected chi connectivity index (χ2v) is 11.1. The van der Waals surface area contributed by atoms with Gasteiger partial charge in [0.25, 0.3) is 5.91 Å². The summed E-state index contributed by atoms with van der Waals surface area (Å²) in [5.74, 6) is 0.796. The van der Waals surface area contributed by atoms with E-state index < -0.39 is 0 Å². The number of carbonyl (C=O) groups is 1. The van der Waals surface area contributed by atoms with Crippen LogP contribution in [0.4, 0.5) is 0 Å². The van der Waals surface area contributed by atoms with Gasteiger partial charge in [-0.15, -0.1) is 0 Å². The number of ether oxygens (including phenoxy) is 1. The maximum atomic E-state index is 13.3. The summed E-state index contributed by atoms with van der Waals surface area (Å²) in [6, 6.07) is 16.0. The first-order valence-corrected chi connectivity index (χ1v) is 14.5. The fraction of sp³-hybridized carbons (Fsp3) is 0.323. The molecule has 3 aromatic rings. The van der Waals surface area contributed by atoms with Gasteiger partial charge in [0.05, 0.1) is 10.6 Å². The number of amides is 1. The van der Waals surface area contributed by atoms with E-state index in [-0.39, 0.29) is 5.91 Å². The summed E-state index contributed by atoms with van der Waals surface area (Å²) in [6.45, 7) is 9.09. The van der Waals surface area contributed by atoms with Crippen LogP contribution in [0.15, 0.2) is 72.3 Å². The number of thioether (sulfide) groups is 1. The van der Waals surface area contributed by atoms with Gasteiger partial charge in [-0.3, -0.25) is 9.69 Å². The van der Waals surface area contributed by atoms with Gasteiger partial charge in [0.1, 0.15) is 22.4 Å². The summed E-state index contributed by atoms with van der Waals surface area (Å²) in [5, 5.41) is 4.92. The Morgan fingerprint density at radius 1 is 1.08 bits per heavy atom. The molecule has 198 valence electrons. The van der Waals surface area contributed by atoms with Crippen LogP contribution in [-0.2, 0) is 4.79 Å². The van der Waals surface area contributed by atoms with Crippen molar-refractivity contribution in [2.24, 2.45) is 0 Å². The largest absolute Gasteiger partial charge is 0.489 e. The zero-order valence-corrected chi connectivity index (χ0v) is 23.8. The molecule has 0 spiro atoms. The van der Waals surface area contributed by atoms with Crippen molar-refractivity contribution < 1.29 is 9.53 Å². The summed E-state index contributed by atoms with van der Waals surface area (Å²) < 4.78 is 8.25. The van der Waals surface area contributed by atoms with E-state index in [0.29, 0.717) is 22.4 Å². The van der Waals surface area contributed by atoms with E-state index in [2.05, 4.69) is 19.6 Å². The average molecular weight is 546 g/mol. The van der Waals surface area contributed by atoms with Crippen molar-refractivity contribution in [2.75, 3.05) is 13.2 Å². The third kappa shape index (κ3) is 6.83. The van der Waals surface area contributed by atoms with Crippen LogP contribution in [0, 0.1) is 6.92 Å². The van der Waals surface area contributed by atoms with Gasteiger partial charge in [-0.25, -0.2) is 4.68 Å². The molecule has 0 unspecified atom stereocenters. The fourth-order valence-electron chi connectivity index (χ4n) is 4.42. The zero-order valence-electron chi connectivity index (χ0n) is 22.2. The second kappa shape index (κ2) is 13.6. The van der Waals surface area contributed by atoms with Crippen LogP contribution in [0.25, 0.3) is 23.0 Å². The lowest BCUT2D eigenvalue weighted by Gasteiger charge is -2.14. The third-order valence-corrected chi connectivity index (χ3v) is 7.84. The SMILES string of the molecule is C=CCOc1ccc(-c2nn(-c3ccccc3)cc2C=C2SC(=S)N(CCCCCCCC)C2=O)cc1C. The van der Waals surface area contributed by atoms with E-state index >= 15 is 0 Å². The molecule has 1 aromatic heterocycles. The molecule has 0 bridgehead atoms. The van der Waals surface area contributed by atoms with E-state index in [1.54, 1.807) is 11.0 Å². The van der Waals surface area contributed by atoms with Gasteiger partial charge < -0.3 is 4.74 Å². The van der Waals surface area contributed by atoms with Crippen LogP contribution in [0.1, 0.15) is 56.6 Å². The molecule has 2 aromatic carbocycles. The molecule has 0 radical (unpaired) electrons. The molecule has 1 amide bonds. The van der Waals surface area contributed by atoms with Gasteiger partial charge in [0, 0.05) is 23.9 Å². The fourth-order valence-corrected chi connectivity index (χ4v) is 5.72. The number of hydrogen-bond donors (Lipinski definition) is 0. The first-order valence-electron chi connectivity index (χ1n) is 13.3. The molecule has 1 aliphatic rings. The topological polar surface area (TPSA) is 47.4 Å². The number of thiocarbonyl (C=S) groups is 1. The summed E-state index contributed by atoms with van der Waals surface area (Å²) >= 11 is 6.96. The minimum Gasteiger partial charge on any atom is -0.489 e. The summed E-state index contributed by atoms with van der Waals surface area (Å²) in [5.41, 5.74) is 4.58. The van der Waals surface area contributed by atoms with Gasteiger partial charge in [-0.05, 0) is 55.3 Å². The Balaban J connectivity index is 1.61. The van der Waals surface area contributed by atoms with Crippen molar-refractivity contribution in [2.45, 2.75) is 52.4 Å². The summed E-state index contributed by atoms with van der Waals surface area (Å²) in [4.78, 5) is 15.7. The van der Waals surface area contributed by atoms with Gasteiger partial charge in [-0.1, -0.05) is 93.9 Å². The van der Waals surface area contributed by atoms with Crippen LogP contribution < -0.4 is 4.74 Å². The number of aromatic nitrogens is 2. The molecule has 1 saturated heterocycles. The van der Waals surface area contributed by atoms with Crippen LogP contribution in [0.2, 0.25) is 0 Å². The van der Waals surface area contributed by atoms with Gasteiger partial charge in [-0.2, -0.15) is 5.10 Å². The smallest absolute Gasteiger partial charge is 0.266 e. The Kier molecular flexibility index (Phi) is 9.96. The van der Waals surface area contributed by atoms with E-state index in [1.807, 2.05) is 66.3 Å². The lowest BCUT2D eigenvalue weighted by molar-refractivity contribution is -0.122. The van der Waals surface area contributed by atoms with Crippen molar-refractivity contribution in [1.29, 1.82) is 0 Å². The van der Waals surface area contributed by atoms with Crippen molar-refractivity contribution in [1.82, 2.24) is 14.7 Å². The van der Waals surface area contributed by atoms with Crippen molar-refractivity contribution in [3.63, 3.8) is 0 Å². The van der Waals surface area contributed by atoms with Crippen LogP contribution in [-0.4, -0.2) is 38.1 Å². The number of carbonyl (C=O) groups excluding carboxylic acids is 1. The van der Waals surface area contributed by atoms with E-state index in [4.69, 9.17) is 22.1 Å². The van der Waals surface area contributed by atoms with Gasteiger partial charge in [0.2, 0.25) is 0 Å². The summed E-state index contributed by atoms with van der Waals surface area (Å²) in [6.07, 6.45) is 12.7. The first kappa shape index (κ1) is 27.9. The van der Waals surface area contributed by atoms with Gasteiger partial charge in [0.15, 0.2) is 0 Å². The number of aryl methyl sites for hydroxylation is 1. The summed E-state index contributed by atoms with van der Waals surface area (Å²) in [7, 11) is 0. The maximum absolute atomic E-state index is 13.3. The molecule has 1 aliphatic heterocycles. The van der Waals surface area contributed by atoms with Crippen LogP contribution in [0.5, 0.6) is 5.75 Å². The Morgan fingerprint density at radius 2 is 1.84 bits per heavy atom. The number of hydrogen-bond acceptors (Lipinski definition) is 5. The second-order valence-electron chi connectivity index (χ2n) is 9.39. The highest BCUT2D eigenvalue weighted by Gasteiger charge is 2.32. The van der Waals surface area contributed by atoms with E-state index in [9.17, 15) is 4.79 Å². The highest BCUT2D eigenvalue weighted by atomic mass is 32.2. The molecule has 0 aliphatic carbocycles. The average Bonchev–Trinajstić information content (AvgIpc) is 3.46. The van der Waals surface area contributed by atoms with Crippen molar-refractivity contribution in [3.8, 4) is 22.7 Å². The lowest BCUT2D eigenvalue weighted by Crippen LogP contribution is -2.29. The van der Waals surface area contributed by atoms with E-state index in [0.717, 1.165) is 46.7 Å². The Morgan fingerprint density at radius 3 is 2.58 bits per heavy atom. The third-order valence-electron chi connectivity index (χ3n) is 6.46. The molecular formula is C31H35N3O2S2. The maximum Gasteiger partial charge on any atom is 0.266 e. The van der Waals surface area contributed by atoms with E-state index in [1.165, 1.54) is 37.4 Å². The quantitative estimate of drug-likeness (QED) is 0.0943. The Bertz CT molecular complexity index is 1310. The molecule has 1 fully saturated rings. The number of para-hydroxylation sites is 1. The standard InChI is InChI=1S/C31H35N3O2S2/c1-4-6-7-8-9-13-18-33-30(35)28(38-31(33)37)21-25-22-34(26-14-11-10-12-15-26)32-29(25)24-16-17-27(23(3)20-24)36-19-5-2/h5,10-12,14-17,20-22H,2,4,6-9,13,18-19H2,1,3H3. The highest BCUT2D eigenvalue weighted by molar-refractivity contribution is 8.26. The molecular weight excluding hydrogens is 510 g/mol. The van der Waals surface area contributed by atoms with Crippen LogP contribution >= 0.6 is 24.0 Å². The Hall–Kier alpha value is -3.16. The molecule has 7 heteroatoms. The monoisotopic (exact) mass is 545 g/mol. The normalized spacial score (nSPS) is 14.5. The highest BCUT2D eigenvalue weighted by Crippen LogP contribution is 2.36. The van der Waals surface area contributed by atoms with Gasteiger partial charge >= 0.3 is 0 Å². The predicted octanol–water partition coefficient (Wildman–Crippen LogP) is 7.97. The molecule has 0 saturated carbocycles. The molecule has 5 nitrogen and oxygen atoms in total. The number of benzene rings is 2. The number of rotatable bonds is 13. The van der Waals surface area contributed by atoms with Crippen molar-refractivity contribution in [3.05, 3.63) is 83.4 Å². The predicted molar refractivity (Wildman–Crippen MR) is 163 cm³/mol. The first-order chi connectivity index (χ1) is 18.5.